The average molecular weight is 433 g/mol. The molecule has 1 atom stereocenters. The molecule has 1 nitrogen and oxygen atoms in total. The minimum absolute atomic E-state index is 0.0214. The van der Waals surface area contributed by atoms with Gasteiger partial charge in [-0.15, -0.1) is 0 Å². The molecular formula is C30H37FO. The molecule has 3 aromatic carbocycles. The van der Waals surface area contributed by atoms with E-state index in [2.05, 4.69) is 50.2 Å². The van der Waals surface area contributed by atoms with Gasteiger partial charge in [-0.05, 0) is 84.2 Å². The van der Waals surface area contributed by atoms with Crippen LogP contribution in [0.15, 0.2) is 48.5 Å². The number of aryl methyl sites for hydroxylation is 2. The zero-order chi connectivity index (χ0) is 22.3. The van der Waals surface area contributed by atoms with E-state index in [0.29, 0.717) is 0 Å². The van der Waals surface area contributed by atoms with Gasteiger partial charge in [-0.3, -0.25) is 0 Å². The smallest absolute Gasteiger partial charge is 0.134 e. The monoisotopic (exact) mass is 432 g/mol. The van der Waals surface area contributed by atoms with E-state index in [-0.39, 0.29) is 11.7 Å². The number of rotatable bonds is 10. The van der Waals surface area contributed by atoms with Crippen LogP contribution in [0, 0.1) is 5.82 Å². The molecule has 1 unspecified atom stereocenters. The van der Waals surface area contributed by atoms with Crippen molar-refractivity contribution < 1.29 is 9.13 Å². The number of benzene rings is 3. The molecule has 0 aliphatic heterocycles. The summed E-state index contributed by atoms with van der Waals surface area (Å²) in [6.45, 7) is 5.22. The molecule has 0 amide bonds. The molecule has 0 radical (unpaired) electrons. The van der Waals surface area contributed by atoms with E-state index in [9.17, 15) is 0 Å². The highest BCUT2D eigenvalue weighted by atomic mass is 19.1. The van der Waals surface area contributed by atoms with Gasteiger partial charge in [0.05, 0.1) is 6.61 Å². The van der Waals surface area contributed by atoms with Gasteiger partial charge in [0.15, 0.2) is 0 Å². The number of halogens is 1. The Kier molecular flexibility index (Phi) is 7.84. The van der Waals surface area contributed by atoms with Crippen molar-refractivity contribution in [1.82, 2.24) is 0 Å². The third-order valence-electron chi connectivity index (χ3n) is 6.98. The summed E-state index contributed by atoms with van der Waals surface area (Å²) in [6, 6.07) is 16.9. The molecule has 0 aromatic heterocycles. The van der Waals surface area contributed by atoms with Crippen LogP contribution in [-0.2, 0) is 19.3 Å². The molecule has 0 heterocycles. The van der Waals surface area contributed by atoms with Gasteiger partial charge < -0.3 is 4.74 Å². The molecule has 3 aromatic rings. The lowest BCUT2D eigenvalue weighted by molar-refractivity contribution is 0.305. The fourth-order valence-corrected chi connectivity index (χ4v) is 5.04. The molecule has 4 rings (SSSR count). The summed E-state index contributed by atoms with van der Waals surface area (Å²) < 4.78 is 21.4. The van der Waals surface area contributed by atoms with E-state index >= 15 is 4.39 Å². The van der Waals surface area contributed by atoms with Gasteiger partial charge in [0.1, 0.15) is 11.6 Å². The third-order valence-corrected chi connectivity index (χ3v) is 6.98. The van der Waals surface area contributed by atoms with Crippen molar-refractivity contribution >= 4 is 10.8 Å². The van der Waals surface area contributed by atoms with Crippen molar-refractivity contribution in [3.63, 3.8) is 0 Å². The predicted octanol–water partition coefficient (Wildman–Crippen LogP) is 8.55. The number of ether oxygens (including phenoxy) is 1. The molecule has 1 aliphatic rings. The molecule has 32 heavy (non-hydrogen) atoms. The summed E-state index contributed by atoms with van der Waals surface area (Å²) in [5.41, 5.74) is 4.90. The van der Waals surface area contributed by atoms with E-state index in [0.717, 1.165) is 60.8 Å². The lowest BCUT2D eigenvalue weighted by Crippen LogP contribution is -2.14. The van der Waals surface area contributed by atoms with Crippen molar-refractivity contribution in [3.05, 3.63) is 76.6 Å². The number of fused-ring (bicyclic) bond motifs is 2. The Morgan fingerprint density at radius 3 is 2.56 bits per heavy atom. The third kappa shape index (κ3) is 5.34. The average Bonchev–Trinajstić information content (AvgIpc) is 2.82. The van der Waals surface area contributed by atoms with E-state index in [4.69, 9.17) is 4.74 Å². The zero-order valence-corrected chi connectivity index (χ0v) is 19.8. The van der Waals surface area contributed by atoms with Crippen molar-refractivity contribution in [2.75, 3.05) is 6.61 Å². The van der Waals surface area contributed by atoms with Crippen LogP contribution in [0.1, 0.15) is 87.0 Å². The highest BCUT2D eigenvalue weighted by Crippen LogP contribution is 2.37. The molecule has 0 saturated carbocycles. The van der Waals surface area contributed by atoms with Gasteiger partial charge in [-0.25, -0.2) is 4.39 Å². The summed E-state index contributed by atoms with van der Waals surface area (Å²) >= 11 is 0. The second kappa shape index (κ2) is 11.0. The van der Waals surface area contributed by atoms with Gasteiger partial charge in [0.2, 0.25) is 0 Å². The Bertz CT molecular complexity index is 1040. The van der Waals surface area contributed by atoms with E-state index in [1.807, 2.05) is 12.1 Å². The van der Waals surface area contributed by atoms with Gasteiger partial charge in [0.25, 0.3) is 0 Å². The van der Waals surface area contributed by atoms with Crippen molar-refractivity contribution in [1.29, 1.82) is 0 Å². The Morgan fingerprint density at radius 1 is 0.875 bits per heavy atom. The van der Waals surface area contributed by atoms with Gasteiger partial charge in [-0.1, -0.05) is 75.9 Å². The molecule has 170 valence electrons. The maximum Gasteiger partial charge on any atom is 0.134 e. The second-order valence-corrected chi connectivity index (χ2v) is 9.41. The van der Waals surface area contributed by atoms with Crippen LogP contribution >= 0.6 is 0 Å². The highest BCUT2D eigenvalue weighted by molar-refractivity contribution is 5.84. The SMILES string of the molecule is CCCCCOc1ccc2c(c1)CCC(c1ccc3cc(CCCCC)ccc3c1F)C2. The fourth-order valence-electron chi connectivity index (χ4n) is 5.04. The summed E-state index contributed by atoms with van der Waals surface area (Å²) in [5.74, 6) is 1.20. The van der Waals surface area contributed by atoms with Crippen LogP contribution in [0.2, 0.25) is 0 Å². The summed E-state index contributed by atoms with van der Waals surface area (Å²) in [7, 11) is 0. The molecule has 2 heteroatoms. The highest BCUT2D eigenvalue weighted by Gasteiger charge is 2.24. The van der Waals surface area contributed by atoms with Crippen LogP contribution in [-0.4, -0.2) is 6.61 Å². The van der Waals surface area contributed by atoms with Gasteiger partial charge in [0, 0.05) is 5.39 Å². The van der Waals surface area contributed by atoms with Crippen LogP contribution in [0.5, 0.6) is 5.75 Å². The predicted molar refractivity (Wildman–Crippen MR) is 133 cm³/mol. The van der Waals surface area contributed by atoms with Crippen molar-refractivity contribution in [2.45, 2.75) is 84.0 Å². The number of unbranched alkanes of at least 4 members (excludes halogenated alkanes) is 4. The van der Waals surface area contributed by atoms with Crippen LogP contribution in [0.25, 0.3) is 10.8 Å². The normalized spacial score (nSPS) is 15.7. The van der Waals surface area contributed by atoms with Crippen molar-refractivity contribution in [2.24, 2.45) is 0 Å². The van der Waals surface area contributed by atoms with E-state index < -0.39 is 0 Å². The molecule has 0 N–H and O–H groups in total. The van der Waals surface area contributed by atoms with Crippen LogP contribution in [0.4, 0.5) is 4.39 Å². The largest absolute Gasteiger partial charge is 0.494 e. The first kappa shape index (κ1) is 22.8. The molecule has 0 fully saturated rings. The Labute approximate surface area is 193 Å². The fraction of sp³-hybridized carbons (Fsp3) is 0.467. The topological polar surface area (TPSA) is 9.23 Å². The zero-order valence-electron chi connectivity index (χ0n) is 19.8. The molecule has 0 spiro atoms. The van der Waals surface area contributed by atoms with E-state index in [1.165, 1.54) is 48.8 Å². The summed E-state index contributed by atoms with van der Waals surface area (Å²) in [4.78, 5) is 0. The Morgan fingerprint density at radius 2 is 1.72 bits per heavy atom. The number of hydrogen-bond acceptors (Lipinski definition) is 1. The first-order valence-electron chi connectivity index (χ1n) is 12.6. The number of hydrogen-bond donors (Lipinski definition) is 0. The first-order valence-corrected chi connectivity index (χ1v) is 12.6. The van der Waals surface area contributed by atoms with Crippen LogP contribution < -0.4 is 4.74 Å². The summed E-state index contributed by atoms with van der Waals surface area (Å²) in [5, 5.41) is 1.80. The lowest BCUT2D eigenvalue weighted by atomic mass is 9.79. The van der Waals surface area contributed by atoms with Gasteiger partial charge in [-0.2, -0.15) is 0 Å². The minimum Gasteiger partial charge on any atom is -0.494 e. The quantitative estimate of drug-likeness (QED) is 0.292. The van der Waals surface area contributed by atoms with Gasteiger partial charge >= 0.3 is 0 Å². The van der Waals surface area contributed by atoms with Crippen LogP contribution in [0.3, 0.4) is 0 Å². The first-order chi connectivity index (χ1) is 15.7. The Hall–Kier alpha value is -2.35. The molecule has 1 aliphatic carbocycles. The maximum absolute atomic E-state index is 15.5. The maximum atomic E-state index is 15.5. The molecular weight excluding hydrogens is 395 g/mol. The molecule has 0 saturated heterocycles. The second-order valence-electron chi connectivity index (χ2n) is 9.41. The van der Waals surface area contributed by atoms with E-state index in [1.54, 1.807) is 0 Å². The summed E-state index contributed by atoms with van der Waals surface area (Å²) in [6.07, 6.45) is 11.2. The van der Waals surface area contributed by atoms with Crippen molar-refractivity contribution in [3.8, 4) is 5.75 Å². The molecule has 0 bridgehead atoms. The Balaban J connectivity index is 1.47. The minimum atomic E-state index is -0.0214. The standard InChI is InChI=1S/C30H37FO/c1-3-5-7-9-22-10-16-28-25(19-22)14-17-29(30(28)31)26-12-11-24-21-27(15-13-23(24)20-26)32-18-8-6-4-2/h10,13-17,19,21,26H,3-9,11-12,18,20H2,1-2H3. The lowest BCUT2D eigenvalue weighted by Gasteiger charge is -2.26.